The third kappa shape index (κ3) is 4.95. The maximum absolute atomic E-state index is 13.0. The van der Waals surface area contributed by atoms with Crippen molar-refractivity contribution in [2.75, 3.05) is 43.5 Å². The SMILES string of the molecule is CCNc1ccc(S(=O)(=O)N2CCOCC2)cc1NC(=O)c1ccc(CC)cc1. The average Bonchev–Trinajstić information content (AvgIpc) is 2.75. The Bertz CT molecular complexity index is 952. The second-order valence-corrected chi connectivity index (χ2v) is 8.70. The van der Waals surface area contributed by atoms with Crippen LogP contribution < -0.4 is 10.6 Å². The molecule has 2 N–H and O–H groups in total. The fourth-order valence-electron chi connectivity index (χ4n) is 3.15. The zero-order chi connectivity index (χ0) is 20.9. The minimum absolute atomic E-state index is 0.151. The van der Waals surface area contributed by atoms with Crippen molar-refractivity contribution >= 4 is 27.3 Å². The van der Waals surface area contributed by atoms with Crippen LogP contribution in [0.4, 0.5) is 11.4 Å². The first-order valence-corrected chi connectivity index (χ1v) is 11.3. The molecule has 0 bridgehead atoms. The number of carbonyl (C=O) groups excluding carboxylic acids is 1. The molecular weight excluding hydrogens is 390 g/mol. The van der Waals surface area contributed by atoms with E-state index >= 15 is 0 Å². The molecule has 0 saturated carbocycles. The topological polar surface area (TPSA) is 87.7 Å². The summed E-state index contributed by atoms with van der Waals surface area (Å²) in [5, 5.41) is 6.02. The Morgan fingerprint density at radius 3 is 2.34 bits per heavy atom. The highest BCUT2D eigenvalue weighted by Crippen LogP contribution is 2.28. The molecule has 2 aromatic rings. The summed E-state index contributed by atoms with van der Waals surface area (Å²) in [5.74, 6) is -0.285. The molecule has 1 aliphatic heterocycles. The molecule has 1 saturated heterocycles. The number of nitrogens with one attached hydrogen (secondary N) is 2. The predicted octanol–water partition coefficient (Wildman–Crippen LogP) is 2.95. The van der Waals surface area contributed by atoms with Gasteiger partial charge in [0.25, 0.3) is 5.91 Å². The molecule has 1 aliphatic rings. The highest BCUT2D eigenvalue weighted by molar-refractivity contribution is 7.89. The number of amides is 1. The van der Waals surface area contributed by atoms with Crippen LogP contribution >= 0.6 is 0 Å². The van der Waals surface area contributed by atoms with Gasteiger partial charge in [0.2, 0.25) is 10.0 Å². The van der Waals surface area contributed by atoms with Gasteiger partial charge in [0.15, 0.2) is 0 Å². The highest BCUT2D eigenvalue weighted by atomic mass is 32.2. The summed E-state index contributed by atoms with van der Waals surface area (Å²) in [4.78, 5) is 12.9. The smallest absolute Gasteiger partial charge is 0.255 e. The van der Waals surface area contributed by atoms with Gasteiger partial charge in [0.05, 0.1) is 29.5 Å². The predicted molar refractivity (Wildman–Crippen MR) is 114 cm³/mol. The highest BCUT2D eigenvalue weighted by Gasteiger charge is 2.27. The molecule has 2 aromatic carbocycles. The molecule has 3 rings (SSSR count). The van der Waals surface area contributed by atoms with Gasteiger partial charge < -0.3 is 15.4 Å². The molecule has 0 aromatic heterocycles. The van der Waals surface area contributed by atoms with Crippen LogP contribution in [0.2, 0.25) is 0 Å². The number of hydrogen-bond acceptors (Lipinski definition) is 5. The fraction of sp³-hybridized carbons (Fsp3) is 0.381. The molecule has 8 heteroatoms. The number of aryl methyl sites for hydroxylation is 1. The van der Waals surface area contributed by atoms with Crippen LogP contribution in [-0.2, 0) is 21.2 Å². The van der Waals surface area contributed by atoms with E-state index in [-0.39, 0.29) is 10.8 Å². The summed E-state index contributed by atoms with van der Waals surface area (Å²) >= 11 is 0. The molecule has 7 nitrogen and oxygen atoms in total. The van der Waals surface area contributed by atoms with E-state index in [1.807, 2.05) is 19.1 Å². The third-order valence-electron chi connectivity index (χ3n) is 4.84. The first-order chi connectivity index (χ1) is 14.0. The Kier molecular flexibility index (Phi) is 6.89. The number of sulfonamides is 1. The summed E-state index contributed by atoms with van der Waals surface area (Å²) in [6.07, 6.45) is 0.897. The number of carbonyl (C=O) groups is 1. The summed E-state index contributed by atoms with van der Waals surface area (Å²) in [6, 6.07) is 12.1. The largest absolute Gasteiger partial charge is 0.384 e. The lowest BCUT2D eigenvalue weighted by atomic mass is 10.1. The number of benzene rings is 2. The summed E-state index contributed by atoms with van der Waals surface area (Å²) in [6.45, 7) is 6.04. The van der Waals surface area contributed by atoms with Crippen LogP contribution in [0.25, 0.3) is 0 Å². The first-order valence-electron chi connectivity index (χ1n) is 9.81. The minimum Gasteiger partial charge on any atom is -0.384 e. The van der Waals surface area contributed by atoms with Gasteiger partial charge in [-0.2, -0.15) is 4.31 Å². The monoisotopic (exact) mass is 417 g/mol. The van der Waals surface area contributed by atoms with Crippen molar-refractivity contribution in [2.24, 2.45) is 0 Å². The van der Waals surface area contributed by atoms with E-state index in [9.17, 15) is 13.2 Å². The molecule has 1 heterocycles. The molecule has 0 atom stereocenters. The van der Waals surface area contributed by atoms with Crippen LogP contribution in [0.1, 0.15) is 29.8 Å². The maximum atomic E-state index is 13.0. The summed E-state index contributed by atoms with van der Waals surface area (Å²) in [7, 11) is -3.65. The molecule has 156 valence electrons. The van der Waals surface area contributed by atoms with Crippen molar-refractivity contribution in [3.8, 4) is 0 Å². The Labute approximate surface area is 172 Å². The van der Waals surface area contributed by atoms with E-state index in [1.165, 1.54) is 10.4 Å². The van der Waals surface area contributed by atoms with Crippen molar-refractivity contribution in [1.82, 2.24) is 4.31 Å². The molecule has 0 radical (unpaired) electrons. The molecule has 0 aliphatic carbocycles. The van der Waals surface area contributed by atoms with E-state index in [0.29, 0.717) is 49.8 Å². The molecule has 1 fully saturated rings. The average molecular weight is 418 g/mol. The Morgan fingerprint density at radius 1 is 1.03 bits per heavy atom. The van der Waals surface area contributed by atoms with Crippen molar-refractivity contribution in [2.45, 2.75) is 25.2 Å². The van der Waals surface area contributed by atoms with Crippen LogP contribution in [0.5, 0.6) is 0 Å². The minimum atomic E-state index is -3.65. The van der Waals surface area contributed by atoms with Gasteiger partial charge in [-0.05, 0) is 49.2 Å². The zero-order valence-corrected chi connectivity index (χ0v) is 17.6. The lowest BCUT2D eigenvalue weighted by Gasteiger charge is -2.26. The van der Waals surface area contributed by atoms with Gasteiger partial charge in [-0.3, -0.25) is 4.79 Å². The van der Waals surface area contributed by atoms with Crippen molar-refractivity contribution in [1.29, 1.82) is 0 Å². The van der Waals surface area contributed by atoms with Crippen LogP contribution in [0.15, 0.2) is 47.4 Å². The number of ether oxygens (including phenoxy) is 1. The maximum Gasteiger partial charge on any atom is 0.255 e. The van der Waals surface area contributed by atoms with Gasteiger partial charge in [-0.25, -0.2) is 8.42 Å². The van der Waals surface area contributed by atoms with E-state index < -0.39 is 10.0 Å². The molecular formula is C21H27N3O4S. The normalized spacial score (nSPS) is 15.1. The third-order valence-corrected chi connectivity index (χ3v) is 6.73. The van der Waals surface area contributed by atoms with E-state index in [0.717, 1.165) is 12.0 Å². The van der Waals surface area contributed by atoms with Crippen LogP contribution in [-0.4, -0.2) is 51.5 Å². The Morgan fingerprint density at radius 2 is 1.72 bits per heavy atom. The summed E-state index contributed by atoms with van der Waals surface area (Å²) < 4.78 is 32.6. The molecule has 0 unspecified atom stereocenters. The number of rotatable bonds is 7. The molecule has 29 heavy (non-hydrogen) atoms. The summed E-state index contributed by atoms with van der Waals surface area (Å²) in [5.41, 5.74) is 2.78. The number of nitrogens with zero attached hydrogens (tertiary/aromatic N) is 1. The standard InChI is InChI=1S/C21H27N3O4S/c1-3-16-5-7-17(8-6-16)21(25)23-20-15-18(9-10-19(20)22-4-2)29(26,27)24-11-13-28-14-12-24/h5-10,15,22H,3-4,11-14H2,1-2H3,(H,23,25). The second-order valence-electron chi connectivity index (χ2n) is 6.76. The van der Waals surface area contributed by atoms with Crippen LogP contribution in [0, 0.1) is 0 Å². The van der Waals surface area contributed by atoms with Gasteiger partial charge >= 0.3 is 0 Å². The first kappa shape index (κ1) is 21.3. The van der Waals surface area contributed by atoms with Crippen LogP contribution in [0.3, 0.4) is 0 Å². The van der Waals surface area contributed by atoms with Gasteiger partial charge in [0.1, 0.15) is 0 Å². The van der Waals surface area contributed by atoms with Crippen molar-refractivity contribution in [3.05, 3.63) is 53.6 Å². The van der Waals surface area contributed by atoms with Gasteiger partial charge in [-0.15, -0.1) is 0 Å². The van der Waals surface area contributed by atoms with Gasteiger partial charge in [0, 0.05) is 25.2 Å². The Balaban J connectivity index is 1.89. The van der Waals surface area contributed by atoms with E-state index in [4.69, 9.17) is 4.74 Å². The fourth-order valence-corrected chi connectivity index (χ4v) is 4.59. The lowest BCUT2D eigenvalue weighted by Crippen LogP contribution is -2.40. The Hall–Kier alpha value is -2.42. The van der Waals surface area contributed by atoms with Gasteiger partial charge in [-0.1, -0.05) is 19.1 Å². The lowest BCUT2D eigenvalue weighted by molar-refractivity contribution is 0.0730. The van der Waals surface area contributed by atoms with Crippen molar-refractivity contribution in [3.63, 3.8) is 0 Å². The molecule has 0 spiro atoms. The molecule has 1 amide bonds. The quantitative estimate of drug-likeness (QED) is 0.723. The zero-order valence-electron chi connectivity index (χ0n) is 16.8. The second kappa shape index (κ2) is 9.39. The van der Waals surface area contributed by atoms with Crippen molar-refractivity contribution < 1.29 is 17.9 Å². The number of anilines is 2. The van der Waals surface area contributed by atoms with E-state index in [2.05, 4.69) is 17.6 Å². The van der Waals surface area contributed by atoms with E-state index in [1.54, 1.807) is 24.3 Å². The number of hydrogen-bond donors (Lipinski definition) is 2. The number of morpholine rings is 1.